The number of ether oxygens (including phenoxy) is 1. The van der Waals surface area contributed by atoms with Crippen LogP contribution < -0.4 is 5.32 Å². The Morgan fingerprint density at radius 1 is 1.46 bits per heavy atom. The van der Waals surface area contributed by atoms with E-state index in [9.17, 15) is 4.79 Å². The summed E-state index contributed by atoms with van der Waals surface area (Å²) in [5.74, 6) is 0.544. The molecule has 0 unspecified atom stereocenters. The first-order valence-corrected chi connectivity index (χ1v) is 9.45. The van der Waals surface area contributed by atoms with Crippen molar-refractivity contribution < 1.29 is 9.53 Å². The topological polar surface area (TPSA) is 54.1 Å². The number of H-pyrrole nitrogens is 1. The lowest BCUT2D eigenvalue weighted by Gasteiger charge is -2.22. The van der Waals surface area contributed by atoms with Crippen molar-refractivity contribution in [2.24, 2.45) is 5.92 Å². The van der Waals surface area contributed by atoms with Crippen molar-refractivity contribution in [2.75, 3.05) is 13.2 Å². The predicted octanol–water partition coefficient (Wildman–Crippen LogP) is 3.94. The molecule has 0 bridgehead atoms. The number of benzene rings is 1. The predicted molar refractivity (Wildman–Crippen MR) is 98.8 cm³/mol. The van der Waals surface area contributed by atoms with E-state index in [-0.39, 0.29) is 11.9 Å². The summed E-state index contributed by atoms with van der Waals surface area (Å²) in [6, 6.07) is 10.2. The van der Waals surface area contributed by atoms with Gasteiger partial charge < -0.3 is 15.0 Å². The van der Waals surface area contributed by atoms with Gasteiger partial charge in [-0.2, -0.15) is 0 Å². The van der Waals surface area contributed by atoms with Crippen molar-refractivity contribution in [2.45, 2.75) is 32.2 Å². The fourth-order valence-electron chi connectivity index (χ4n) is 3.06. The fraction of sp³-hybridized carbons (Fsp3) is 0.444. The number of aromatic amines is 1. The number of carbonyl (C=O) groups excluding carboxylic acids is 1. The van der Waals surface area contributed by atoms with Gasteiger partial charge in [-0.3, -0.25) is 4.79 Å². The average molecular weight is 363 g/mol. The summed E-state index contributed by atoms with van der Waals surface area (Å²) in [5, 5.41) is 3.21. The van der Waals surface area contributed by atoms with E-state index in [1.807, 2.05) is 25.1 Å². The summed E-state index contributed by atoms with van der Waals surface area (Å²) in [6.07, 6.45) is 2.35. The minimum Gasteiger partial charge on any atom is -0.381 e. The minimum atomic E-state index is 0.0256. The molecule has 1 aliphatic heterocycles. The van der Waals surface area contributed by atoms with Crippen LogP contribution in [-0.4, -0.2) is 24.1 Å². The highest BCUT2D eigenvalue weighted by Crippen LogP contribution is 2.27. The van der Waals surface area contributed by atoms with Crippen LogP contribution in [0.15, 0.2) is 30.3 Å². The quantitative estimate of drug-likeness (QED) is 0.765. The molecule has 1 saturated heterocycles. The number of hydrogen-bond donors (Lipinski definition) is 2. The van der Waals surface area contributed by atoms with E-state index >= 15 is 0 Å². The highest BCUT2D eigenvalue weighted by molar-refractivity contribution is 7.73. The van der Waals surface area contributed by atoms with Gasteiger partial charge in [-0.15, -0.1) is 11.3 Å². The third kappa shape index (κ3) is 4.53. The number of aromatic nitrogens is 1. The van der Waals surface area contributed by atoms with Crippen LogP contribution in [0.3, 0.4) is 0 Å². The minimum absolute atomic E-state index is 0.0256. The monoisotopic (exact) mass is 362 g/mol. The van der Waals surface area contributed by atoms with E-state index < -0.39 is 0 Å². The second-order valence-electron chi connectivity index (χ2n) is 6.24. The van der Waals surface area contributed by atoms with E-state index in [2.05, 4.69) is 22.4 Å². The summed E-state index contributed by atoms with van der Waals surface area (Å²) in [5.41, 5.74) is 2.14. The molecule has 2 heterocycles. The van der Waals surface area contributed by atoms with Crippen LogP contribution in [0.25, 0.3) is 0 Å². The molecule has 1 fully saturated rings. The van der Waals surface area contributed by atoms with Crippen LogP contribution in [0.1, 0.15) is 35.0 Å². The van der Waals surface area contributed by atoms with Gasteiger partial charge in [0.2, 0.25) is 5.91 Å². The normalized spacial score (nSPS) is 18.5. The molecule has 0 aliphatic carbocycles. The van der Waals surface area contributed by atoms with Gasteiger partial charge in [-0.25, -0.2) is 0 Å². The lowest BCUT2D eigenvalue weighted by atomic mass is 9.94. The lowest BCUT2D eigenvalue weighted by molar-refractivity contribution is -0.121. The van der Waals surface area contributed by atoms with Crippen LogP contribution in [0.2, 0.25) is 0 Å². The zero-order valence-electron chi connectivity index (χ0n) is 13.7. The van der Waals surface area contributed by atoms with E-state index in [1.54, 1.807) is 0 Å². The number of hydrogen-bond acceptors (Lipinski definition) is 4. The van der Waals surface area contributed by atoms with Gasteiger partial charge in [-0.1, -0.05) is 30.3 Å². The molecule has 0 radical (unpaired) electrons. The standard InChI is InChI=1S/C18H22N2O2S2/c1-12-16(24-18(23)19-12)10-17(21)20-15(9-13-7-8-22-11-13)14-5-3-2-4-6-14/h2-6,13,15H,7-11H2,1H3,(H,19,23)(H,20,21)/t13-,15-/m0/s1. The first kappa shape index (κ1) is 17.3. The summed E-state index contributed by atoms with van der Waals surface area (Å²) in [6.45, 7) is 3.57. The molecule has 6 heteroatoms. The van der Waals surface area contributed by atoms with E-state index in [0.29, 0.717) is 12.3 Å². The summed E-state index contributed by atoms with van der Waals surface area (Å²) >= 11 is 6.63. The molecule has 0 saturated carbocycles. The second kappa shape index (κ2) is 8.05. The molecule has 1 amide bonds. The molecule has 3 rings (SSSR count). The summed E-state index contributed by atoms with van der Waals surface area (Å²) < 4.78 is 6.21. The molecular weight excluding hydrogens is 340 g/mol. The number of carbonyl (C=O) groups is 1. The molecule has 24 heavy (non-hydrogen) atoms. The number of amides is 1. The van der Waals surface area contributed by atoms with Crippen LogP contribution in [0.4, 0.5) is 0 Å². The van der Waals surface area contributed by atoms with Gasteiger partial charge in [0.15, 0.2) is 3.95 Å². The molecule has 1 aromatic carbocycles. The molecule has 1 aromatic heterocycles. The van der Waals surface area contributed by atoms with Gasteiger partial charge in [0.1, 0.15) is 0 Å². The highest BCUT2D eigenvalue weighted by atomic mass is 32.1. The molecular formula is C18H22N2O2S2. The zero-order chi connectivity index (χ0) is 16.9. The smallest absolute Gasteiger partial charge is 0.225 e. The summed E-state index contributed by atoms with van der Waals surface area (Å²) in [7, 11) is 0. The molecule has 128 valence electrons. The maximum absolute atomic E-state index is 12.5. The molecule has 1 aliphatic rings. The fourth-order valence-corrected chi connectivity index (χ4v) is 4.35. The third-order valence-electron chi connectivity index (χ3n) is 4.38. The number of aryl methyl sites for hydroxylation is 1. The SMILES string of the molecule is Cc1[nH]c(=S)sc1CC(=O)N[C@@H](C[C@@H]1CCOC1)c1ccccc1. The van der Waals surface area contributed by atoms with Crippen molar-refractivity contribution in [3.05, 3.63) is 50.4 Å². The second-order valence-corrected chi connectivity index (χ2v) is 8.01. The molecule has 2 atom stereocenters. The van der Waals surface area contributed by atoms with Gasteiger partial charge in [-0.05, 0) is 43.5 Å². The van der Waals surface area contributed by atoms with Crippen LogP contribution in [0, 0.1) is 16.8 Å². The van der Waals surface area contributed by atoms with E-state index in [1.165, 1.54) is 11.3 Å². The Labute approximate surface area is 151 Å². The van der Waals surface area contributed by atoms with Gasteiger partial charge in [0.05, 0.1) is 12.5 Å². The van der Waals surface area contributed by atoms with Crippen LogP contribution in [-0.2, 0) is 16.0 Å². The molecule has 0 spiro atoms. The summed E-state index contributed by atoms with van der Waals surface area (Å²) in [4.78, 5) is 16.6. The molecule has 2 aromatic rings. The highest BCUT2D eigenvalue weighted by Gasteiger charge is 2.23. The Morgan fingerprint density at radius 2 is 2.25 bits per heavy atom. The number of rotatable bonds is 6. The van der Waals surface area contributed by atoms with Crippen molar-refractivity contribution in [3.63, 3.8) is 0 Å². The lowest BCUT2D eigenvalue weighted by Crippen LogP contribution is -2.31. The van der Waals surface area contributed by atoms with Crippen molar-refractivity contribution in [1.82, 2.24) is 10.3 Å². The van der Waals surface area contributed by atoms with E-state index in [0.717, 1.165) is 46.1 Å². The van der Waals surface area contributed by atoms with Crippen molar-refractivity contribution in [3.8, 4) is 0 Å². The maximum Gasteiger partial charge on any atom is 0.225 e. The van der Waals surface area contributed by atoms with Crippen molar-refractivity contribution in [1.29, 1.82) is 0 Å². The van der Waals surface area contributed by atoms with Gasteiger partial charge in [0, 0.05) is 23.8 Å². The first-order chi connectivity index (χ1) is 11.6. The Balaban J connectivity index is 1.69. The molecule has 4 nitrogen and oxygen atoms in total. The average Bonchev–Trinajstić information content (AvgIpc) is 3.17. The Kier molecular flexibility index (Phi) is 5.81. The van der Waals surface area contributed by atoms with Crippen LogP contribution >= 0.6 is 23.6 Å². The Hall–Kier alpha value is -1.50. The van der Waals surface area contributed by atoms with Crippen LogP contribution in [0.5, 0.6) is 0 Å². The Bertz CT molecular complexity index is 733. The van der Waals surface area contributed by atoms with Gasteiger partial charge >= 0.3 is 0 Å². The number of thiazole rings is 1. The largest absolute Gasteiger partial charge is 0.381 e. The van der Waals surface area contributed by atoms with E-state index in [4.69, 9.17) is 17.0 Å². The Morgan fingerprint density at radius 3 is 2.88 bits per heavy atom. The zero-order valence-corrected chi connectivity index (χ0v) is 15.3. The van der Waals surface area contributed by atoms with Crippen molar-refractivity contribution >= 4 is 29.5 Å². The molecule has 2 N–H and O–H groups in total. The third-order valence-corrected chi connectivity index (χ3v) is 5.71. The van der Waals surface area contributed by atoms with Gasteiger partial charge in [0.25, 0.3) is 0 Å². The first-order valence-electron chi connectivity index (χ1n) is 8.22. The number of nitrogens with one attached hydrogen (secondary N) is 2. The maximum atomic E-state index is 12.5.